The van der Waals surface area contributed by atoms with Gasteiger partial charge in [0.2, 0.25) is 0 Å². The molecule has 0 aromatic rings. The van der Waals surface area contributed by atoms with Crippen LogP contribution in [0.15, 0.2) is 0 Å². The van der Waals surface area contributed by atoms with E-state index in [9.17, 15) is 9.59 Å². The van der Waals surface area contributed by atoms with Crippen molar-refractivity contribution in [1.29, 1.82) is 0 Å². The molecular weight excluding hydrogens is 256 g/mol. The molecule has 2 amide bonds. The highest BCUT2D eigenvalue weighted by Crippen LogP contribution is 2.10. The van der Waals surface area contributed by atoms with Crippen molar-refractivity contribution in [1.82, 2.24) is 10.2 Å². The van der Waals surface area contributed by atoms with Crippen LogP contribution in [0.3, 0.4) is 0 Å². The highest BCUT2D eigenvalue weighted by atomic mass is 16.4. The molecule has 0 aromatic carbocycles. The molecule has 118 valence electrons. The highest BCUT2D eigenvalue weighted by Gasteiger charge is 2.24. The molecule has 5 nitrogen and oxygen atoms in total. The normalized spacial score (nSPS) is 13.9. The van der Waals surface area contributed by atoms with Crippen molar-refractivity contribution in [3.63, 3.8) is 0 Å². The number of hydrogen-bond donors (Lipinski definition) is 2. The van der Waals surface area contributed by atoms with Crippen LogP contribution in [-0.2, 0) is 4.79 Å². The van der Waals surface area contributed by atoms with Crippen molar-refractivity contribution >= 4 is 12.0 Å². The van der Waals surface area contributed by atoms with Crippen LogP contribution in [0, 0.1) is 5.92 Å². The van der Waals surface area contributed by atoms with Crippen molar-refractivity contribution in [3.05, 3.63) is 0 Å². The minimum absolute atomic E-state index is 0.0362. The number of nitrogens with one attached hydrogen (secondary N) is 1. The molecule has 0 heterocycles. The average molecular weight is 286 g/mol. The first-order valence-corrected chi connectivity index (χ1v) is 7.62. The Balaban J connectivity index is 4.73. The van der Waals surface area contributed by atoms with Crippen molar-refractivity contribution in [2.45, 2.75) is 72.4 Å². The molecule has 0 radical (unpaired) electrons. The van der Waals surface area contributed by atoms with Crippen molar-refractivity contribution in [2.75, 3.05) is 6.54 Å². The number of carboxylic acid groups (broad SMARTS) is 1. The fourth-order valence-corrected chi connectivity index (χ4v) is 1.95. The second kappa shape index (κ2) is 9.61. The predicted octanol–water partition coefficient (Wildman–Crippen LogP) is 3.10. The Hall–Kier alpha value is -1.26. The topological polar surface area (TPSA) is 69.6 Å². The summed E-state index contributed by atoms with van der Waals surface area (Å²) in [6, 6.07) is -0.305. The van der Waals surface area contributed by atoms with Gasteiger partial charge in [-0.05, 0) is 25.7 Å². The van der Waals surface area contributed by atoms with E-state index in [1.54, 1.807) is 0 Å². The van der Waals surface area contributed by atoms with Crippen LogP contribution in [-0.4, -0.2) is 40.6 Å². The molecular formula is C15H30N2O3. The summed E-state index contributed by atoms with van der Waals surface area (Å²) >= 11 is 0. The Labute approximate surface area is 122 Å². The van der Waals surface area contributed by atoms with Crippen molar-refractivity contribution in [3.8, 4) is 0 Å². The number of rotatable bonds is 9. The lowest BCUT2D eigenvalue weighted by atomic mass is 10.0. The molecule has 2 atom stereocenters. The Morgan fingerprint density at radius 3 is 2.20 bits per heavy atom. The van der Waals surface area contributed by atoms with Crippen LogP contribution in [0.5, 0.6) is 0 Å². The smallest absolute Gasteiger partial charge is 0.317 e. The lowest BCUT2D eigenvalue weighted by Crippen LogP contribution is -2.50. The van der Waals surface area contributed by atoms with Gasteiger partial charge in [0.05, 0.1) is 6.42 Å². The standard InChI is InChI=1S/C15H30N2O3/c1-6-8-9-17(12(5)7-2)15(20)16-13(11(3)4)10-14(18)19/h11-13H,6-10H2,1-5H3,(H,16,20)(H,18,19). The maximum Gasteiger partial charge on any atom is 0.317 e. The molecule has 0 aromatic heterocycles. The molecule has 0 aliphatic carbocycles. The highest BCUT2D eigenvalue weighted by molar-refractivity contribution is 5.76. The van der Waals surface area contributed by atoms with E-state index >= 15 is 0 Å². The monoisotopic (exact) mass is 286 g/mol. The van der Waals surface area contributed by atoms with E-state index in [-0.39, 0.29) is 30.5 Å². The molecule has 2 N–H and O–H groups in total. The zero-order valence-corrected chi connectivity index (χ0v) is 13.5. The summed E-state index contributed by atoms with van der Waals surface area (Å²) < 4.78 is 0. The van der Waals surface area contributed by atoms with Gasteiger partial charge in [-0.15, -0.1) is 0 Å². The van der Waals surface area contributed by atoms with Gasteiger partial charge in [-0.3, -0.25) is 4.79 Å². The van der Waals surface area contributed by atoms with Gasteiger partial charge in [-0.2, -0.15) is 0 Å². The fraction of sp³-hybridized carbons (Fsp3) is 0.867. The second-order valence-corrected chi connectivity index (χ2v) is 5.70. The Bertz CT molecular complexity index is 305. The lowest BCUT2D eigenvalue weighted by Gasteiger charge is -2.31. The summed E-state index contributed by atoms with van der Waals surface area (Å²) in [6.07, 6.45) is 2.85. The fourth-order valence-electron chi connectivity index (χ4n) is 1.95. The predicted molar refractivity (Wildman–Crippen MR) is 80.8 cm³/mol. The number of aliphatic carboxylic acids is 1. The first kappa shape index (κ1) is 18.7. The van der Waals surface area contributed by atoms with E-state index in [0.717, 1.165) is 25.8 Å². The quantitative estimate of drug-likeness (QED) is 0.684. The first-order chi connectivity index (χ1) is 9.33. The molecule has 0 fully saturated rings. The summed E-state index contributed by atoms with van der Waals surface area (Å²) in [7, 11) is 0. The van der Waals surface area contributed by atoms with Gasteiger partial charge in [-0.1, -0.05) is 34.1 Å². The van der Waals surface area contributed by atoms with Crippen LogP contribution in [0.1, 0.15) is 60.3 Å². The summed E-state index contributed by atoms with van der Waals surface area (Å²) in [5.74, 6) is -0.785. The van der Waals surface area contributed by atoms with Gasteiger partial charge in [0.25, 0.3) is 0 Å². The summed E-state index contributed by atoms with van der Waals surface area (Å²) in [4.78, 5) is 25.1. The van der Waals surface area contributed by atoms with Crippen molar-refractivity contribution in [2.24, 2.45) is 5.92 Å². The zero-order valence-electron chi connectivity index (χ0n) is 13.5. The first-order valence-electron chi connectivity index (χ1n) is 7.62. The number of nitrogens with zero attached hydrogens (tertiary/aromatic N) is 1. The minimum atomic E-state index is -0.882. The number of carboxylic acids is 1. The van der Waals surface area contributed by atoms with Crippen LogP contribution >= 0.6 is 0 Å². The summed E-state index contributed by atoms with van der Waals surface area (Å²) in [6.45, 7) is 10.7. The SMILES string of the molecule is CCCCN(C(=O)NC(CC(=O)O)C(C)C)C(C)CC. The van der Waals surface area contributed by atoms with Gasteiger partial charge in [0.15, 0.2) is 0 Å². The zero-order chi connectivity index (χ0) is 15.7. The molecule has 0 aliphatic rings. The van der Waals surface area contributed by atoms with Crippen molar-refractivity contribution < 1.29 is 14.7 Å². The number of urea groups is 1. The van der Waals surface area contributed by atoms with Crippen LogP contribution in [0.4, 0.5) is 4.79 Å². The van der Waals surface area contributed by atoms with Gasteiger partial charge < -0.3 is 15.3 Å². The number of hydrogen-bond acceptors (Lipinski definition) is 2. The van der Waals surface area contributed by atoms with Crippen LogP contribution in [0.2, 0.25) is 0 Å². The van der Waals surface area contributed by atoms with E-state index in [1.165, 1.54) is 0 Å². The van der Waals surface area contributed by atoms with Gasteiger partial charge in [0.1, 0.15) is 0 Å². The summed E-state index contributed by atoms with van der Waals surface area (Å²) in [5.41, 5.74) is 0. The van der Waals surface area contributed by atoms with E-state index in [1.807, 2.05) is 32.6 Å². The van der Waals surface area contributed by atoms with E-state index in [4.69, 9.17) is 5.11 Å². The molecule has 0 aliphatic heterocycles. The van der Waals surface area contributed by atoms with Crippen LogP contribution < -0.4 is 5.32 Å². The molecule has 2 unspecified atom stereocenters. The van der Waals surface area contributed by atoms with E-state index in [0.29, 0.717) is 0 Å². The third kappa shape index (κ3) is 6.78. The number of carbonyl (C=O) groups is 2. The molecule has 5 heteroatoms. The van der Waals surface area contributed by atoms with Crippen LogP contribution in [0.25, 0.3) is 0 Å². The Morgan fingerprint density at radius 2 is 1.80 bits per heavy atom. The molecule has 0 saturated carbocycles. The van der Waals surface area contributed by atoms with Gasteiger partial charge in [-0.25, -0.2) is 4.79 Å². The largest absolute Gasteiger partial charge is 0.481 e. The Kier molecular flexibility index (Phi) is 9.01. The van der Waals surface area contributed by atoms with E-state index < -0.39 is 5.97 Å². The summed E-state index contributed by atoms with van der Waals surface area (Å²) in [5, 5.41) is 11.8. The average Bonchev–Trinajstić information content (AvgIpc) is 2.37. The van der Waals surface area contributed by atoms with Gasteiger partial charge in [0, 0.05) is 18.6 Å². The second-order valence-electron chi connectivity index (χ2n) is 5.70. The maximum absolute atomic E-state index is 12.4. The maximum atomic E-state index is 12.4. The minimum Gasteiger partial charge on any atom is -0.481 e. The molecule has 0 rings (SSSR count). The molecule has 0 saturated heterocycles. The van der Waals surface area contributed by atoms with Gasteiger partial charge >= 0.3 is 12.0 Å². The molecule has 0 spiro atoms. The molecule has 20 heavy (non-hydrogen) atoms. The Morgan fingerprint density at radius 1 is 1.20 bits per heavy atom. The number of unbranched alkanes of at least 4 members (excludes halogenated alkanes) is 1. The lowest BCUT2D eigenvalue weighted by molar-refractivity contribution is -0.137. The third-order valence-corrected chi connectivity index (χ3v) is 3.64. The molecule has 0 bridgehead atoms. The number of carbonyl (C=O) groups excluding carboxylic acids is 1. The number of amides is 2. The van der Waals surface area contributed by atoms with E-state index in [2.05, 4.69) is 12.2 Å². The third-order valence-electron chi connectivity index (χ3n) is 3.64.